The zero-order valence-corrected chi connectivity index (χ0v) is 10.0. The first kappa shape index (κ1) is 12.9. The lowest BCUT2D eigenvalue weighted by molar-refractivity contribution is 0.176. The Bertz CT molecular complexity index is 132. The van der Waals surface area contributed by atoms with Crippen molar-refractivity contribution in [2.45, 2.75) is 46.7 Å². The Kier molecular flexibility index (Phi) is 5.57. The van der Waals surface area contributed by atoms with E-state index in [0.29, 0.717) is 23.9 Å². The molecule has 0 aromatic carbocycles. The van der Waals surface area contributed by atoms with Gasteiger partial charge in [-0.1, -0.05) is 20.8 Å². The molecule has 0 saturated heterocycles. The van der Waals surface area contributed by atoms with Crippen LogP contribution in [0.3, 0.4) is 0 Å². The van der Waals surface area contributed by atoms with E-state index in [0.717, 1.165) is 6.54 Å². The zero-order chi connectivity index (χ0) is 10.6. The van der Waals surface area contributed by atoms with Crippen molar-refractivity contribution in [1.29, 1.82) is 0 Å². The van der Waals surface area contributed by atoms with Crippen molar-refractivity contribution >= 4 is 0 Å². The van der Waals surface area contributed by atoms with Gasteiger partial charge in [0, 0.05) is 18.6 Å². The Hall–Kier alpha value is -0.0800. The molecule has 0 aliphatic rings. The second kappa shape index (κ2) is 5.61. The summed E-state index contributed by atoms with van der Waals surface area (Å²) in [5.41, 5.74) is 5.83. The minimum atomic E-state index is 0.293. The molecule has 0 aliphatic carbocycles. The molecule has 0 amide bonds. The van der Waals surface area contributed by atoms with Gasteiger partial charge in [0.05, 0.1) is 0 Å². The van der Waals surface area contributed by atoms with E-state index in [1.807, 2.05) is 0 Å². The number of nitrogens with two attached hydrogens (primary N) is 1. The first-order valence-electron chi connectivity index (χ1n) is 5.32. The second-order valence-electron chi connectivity index (χ2n) is 4.76. The Labute approximate surface area is 83.5 Å². The minimum Gasteiger partial charge on any atom is -0.328 e. The van der Waals surface area contributed by atoms with Crippen LogP contribution in [0.5, 0.6) is 0 Å². The van der Waals surface area contributed by atoms with Crippen LogP contribution in [0.4, 0.5) is 0 Å². The number of hydrogen-bond donors (Lipinski definition) is 1. The fourth-order valence-corrected chi connectivity index (χ4v) is 1.30. The maximum atomic E-state index is 5.83. The molecule has 0 aromatic heterocycles. The average Bonchev–Trinajstić information content (AvgIpc) is 2.02. The van der Waals surface area contributed by atoms with Gasteiger partial charge in [-0.15, -0.1) is 0 Å². The molecule has 0 aromatic rings. The van der Waals surface area contributed by atoms with E-state index in [4.69, 9.17) is 5.73 Å². The highest BCUT2D eigenvalue weighted by molar-refractivity contribution is 4.72. The molecule has 0 aliphatic heterocycles. The maximum Gasteiger partial charge on any atom is 0.00870 e. The van der Waals surface area contributed by atoms with Crippen LogP contribution in [-0.4, -0.2) is 30.6 Å². The predicted octanol–water partition coefficient (Wildman–Crippen LogP) is 1.95. The highest BCUT2D eigenvalue weighted by atomic mass is 15.1. The quantitative estimate of drug-likeness (QED) is 0.711. The molecular weight excluding hydrogens is 160 g/mol. The van der Waals surface area contributed by atoms with Crippen LogP contribution < -0.4 is 5.73 Å². The lowest BCUT2D eigenvalue weighted by Crippen LogP contribution is -2.40. The third-order valence-corrected chi connectivity index (χ3v) is 3.13. The van der Waals surface area contributed by atoms with Crippen LogP contribution in [0.1, 0.15) is 34.6 Å². The predicted molar refractivity (Wildman–Crippen MR) is 59.7 cm³/mol. The van der Waals surface area contributed by atoms with Gasteiger partial charge in [-0.3, -0.25) is 0 Å². The molecule has 80 valence electrons. The monoisotopic (exact) mass is 186 g/mol. The molecule has 2 heteroatoms. The van der Waals surface area contributed by atoms with Crippen LogP contribution in [-0.2, 0) is 0 Å². The van der Waals surface area contributed by atoms with Crippen LogP contribution in [0.25, 0.3) is 0 Å². The fraction of sp³-hybridized carbons (Fsp3) is 1.00. The molecule has 2 nitrogen and oxygen atoms in total. The first-order valence-corrected chi connectivity index (χ1v) is 5.32. The highest BCUT2D eigenvalue weighted by Crippen LogP contribution is 2.11. The Morgan fingerprint density at radius 3 is 1.85 bits per heavy atom. The molecule has 0 heterocycles. The van der Waals surface area contributed by atoms with Gasteiger partial charge in [0.15, 0.2) is 0 Å². The Morgan fingerprint density at radius 2 is 1.54 bits per heavy atom. The third-order valence-electron chi connectivity index (χ3n) is 3.13. The standard InChI is InChI=1S/C11H26N2/c1-8(2)11(5)13(6)7-9(3)10(4)12/h8-11H,7,12H2,1-6H3. The van der Waals surface area contributed by atoms with Crippen molar-refractivity contribution in [3.05, 3.63) is 0 Å². The van der Waals surface area contributed by atoms with Crippen molar-refractivity contribution in [1.82, 2.24) is 4.90 Å². The van der Waals surface area contributed by atoms with E-state index in [-0.39, 0.29) is 0 Å². The van der Waals surface area contributed by atoms with Gasteiger partial charge < -0.3 is 10.6 Å². The van der Waals surface area contributed by atoms with E-state index < -0.39 is 0 Å². The molecule has 0 spiro atoms. The van der Waals surface area contributed by atoms with E-state index in [1.54, 1.807) is 0 Å². The topological polar surface area (TPSA) is 29.3 Å². The summed E-state index contributed by atoms with van der Waals surface area (Å²) < 4.78 is 0. The van der Waals surface area contributed by atoms with Crippen LogP contribution in [0.15, 0.2) is 0 Å². The summed E-state index contributed by atoms with van der Waals surface area (Å²) in [4.78, 5) is 2.40. The van der Waals surface area contributed by atoms with Gasteiger partial charge in [-0.05, 0) is 32.7 Å². The summed E-state index contributed by atoms with van der Waals surface area (Å²) in [5, 5.41) is 0. The molecule has 0 bridgehead atoms. The van der Waals surface area contributed by atoms with Crippen molar-refractivity contribution in [3.8, 4) is 0 Å². The molecule has 0 fully saturated rings. The number of nitrogens with zero attached hydrogens (tertiary/aromatic N) is 1. The lowest BCUT2D eigenvalue weighted by atomic mass is 10.0. The van der Waals surface area contributed by atoms with Crippen molar-refractivity contribution in [2.24, 2.45) is 17.6 Å². The zero-order valence-electron chi connectivity index (χ0n) is 10.0. The molecule has 3 unspecified atom stereocenters. The van der Waals surface area contributed by atoms with Crippen molar-refractivity contribution in [3.63, 3.8) is 0 Å². The molecule has 0 rings (SSSR count). The lowest BCUT2D eigenvalue weighted by Gasteiger charge is -2.31. The number of hydrogen-bond acceptors (Lipinski definition) is 2. The van der Waals surface area contributed by atoms with Gasteiger partial charge in [0.2, 0.25) is 0 Å². The molecule has 0 radical (unpaired) electrons. The van der Waals surface area contributed by atoms with Gasteiger partial charge in [0.1, 0.15) is 0 Å². The van der Waals surface area contributed by atoms with Crippen molar-refractivity contribution in [2.75, 3.05) is 13.6 Å². The largest absolute Gasteiger partial charge is 0.328 e. The summed E-state index contributed by atoms with van der Waals surface area (Å²) in [5.74, 6) is 1.29. The molecule has 13 heavy (non-hydrogen) atoms. The van der Waals surface area contributed by atoms with E-state index in [2.05, 4.69) is 46.6 Å². The van der Waals surface area contributed by atoms with Crippen LogP contribution in [0.2, 0.25) is 0 Å². The number of rotatable bonds is 5. The normalized spacial score (nSPS) is 19.2. The smallest absolute Gasteiger partial charge is 0.00870 e. The van der Waals surface area contributed by atoms with Gasteiger partial charge in [0.25, 0.3) is 0 Å². The molecule has 0 saturated carbocycles. The maximum absolute atomic E-state index is 5.83. The van der Waals surface area contributed by atoms with Crippen LogP contribution >= 0.6 is 0 Å². The van der Waals surface area contributed by atoms with Crippen molar-refractivity contribution < 1.29 is 0 Å². The average molecular weight is 186 g/mol. The SMILES string of the molecule is CC(C)C(C)N(C)CC(C)C(C)N. The van der Waals surface area contributed by atoms with Gasteiger partial charge >= 0.3 is 0 Å². The van der Waals surface area contributed by atoms with Gasteiger partial charge in [-0.2, -0.15) is 0 Å². The fourth-order valence-electron chi connectivity index (χ4n) is 1.30. The summed E-state index contributed by atoms with van der Waals surface area (Å²) >= 11 is 0. The minimum absolute atomic E-state index is 0.293. The van der Waals surface area contributed by atoms with E-state index >= 15 is 0 Å². The second-order valence-corrected chi connectivity index (χ2v) is 4.76. The van der Waals surface area contributed by atoms with Crippen LogP contribution in [0, 0.1) is 11.8 Å². The van der Waals surface area contributed by atoms with E-state index in [1.165, 1.54) is 0 Å². The van der Waals surface area contributed by atoms with Gasteiger partial charge in [-0.25, -0.2) is 0 Å². The third kappa shape index (κ3) is 4.63. The summed E-state index contributed by atoms with van der Waals surface area (Å²) in [6, 6.07) is 0.933. The summed E-state index contributed by atoms with van der Waals surface area (Å²) in [7, 11) is 2.18. The molecule has 3 atom stereocenters. The molecule has 2 N–H and O–H groups in total. The Balaban J connectivity index is 3.92. The Morgan fingerprint density at radius 1 is 1.08 bits per heavy atom. The molecular formula is C11H26N2. The highest BCUT2D eigenvalue weighted by Gasteiger charge is 2.16. The summed E-state index contributed by atoms with van der Waals surface area (Å²) in [6.45, 7) is 12.2. The summed E-state index contributed by atoms with van der Waals surface area (Å²) in [6.07, 6.45) is 0. The van der Waals surface area contributed by atoms with E-state index in [9.17, 15) is 0 Å². The first-order chi connectivity index (χ1) is 5.86.